The van der Waals surface area contributed by atoms with Gasteiger partial charge in [0.1, 0.15) is 24.6 Å². The van der Waals surface area contributed by atoms with Crippen LogP contribution < -0.4 is 0 Å². The van der Waals surface area contributed by atoms with Gasteiger partial charge < -0.3 is 14.2 Å². The van der Waals surface area contributed by atoms with E-state index < -0.39 is 36.2 Å². The molecular weight excluding hydrogens is 336 g/mol. The van der Waals surface area contributed by atoms with Crippen molar-refractivity contribution < 1.29 is 28.6 Å². The van der Waals surface area contributed by atoms with Crippen molar-refractivity contribution in [2.45, 2.75) is 51.9 Å². The predicted molar refractivity (Wildman–Crippen MR) is 95.2 cm³/mol. The largest absolute Gasteiger partial charge is 0.458 e. The summed E-state index contributed by atoms with van der Waals surface area (Å²) in [6, 6.07) is 0. The van der Waals surface area contributed by atoms with E-state index in [0.29, 0.717) is 18.3 Å². The molecule has 0 N–H and O–H groups in total. The van der Waals surface area contributed by atoms with Crippen LogP contribution in [-0.4, -0.2) is 43.6 Å². The number of hydrogen-bond acceptors (Lipinski definition) is 6. The zero-order chi connectivity index (χ0) is 19.4. The number of rotatable bonds is 4. The number of hydrogen-bond donors (Lipinski definition) is 0. The lowest BCUT2D eigenvalue weighted by molar-refractivity contribution is -0.163. The molecule has 0 saturated carbocycles. The summed E-state index contributed by atoms with van der Waals surface area (Å²) in [6.07, 6.45) is 3.41. The molecule has 2 aliphatic rings. The summed E-state index contributed by atoms with van der Waals surface area (Å²) in [6.45, 7) is 9.20. The Hall–Kier alpha value is -2.21. The molecule has 0 unspecified atom stereocenters. The molecule has 26 heavy (non-hydrogen) atoms. The molecule has 1 aliphatic carbocycles. The molecule has 6 nitrogen and oxygen atoms in total. The van der Waals surface area contributed by atoms with Crippen LogP contribution in [0.4, 0.5) is 0 Å². The van der Waals surface area contributed by atoms with E-state index in [1.165, 1.54) is 7.11 Å². The topological polar surface area (TPSA) is 78.9 Å². The van der Waals surface area contributed by atoms with E-state index in [1.54, 1.807) is 19.9 Å². The zero-order valence-electron chi connectivity index (χ0n) is 15.7. The van der Waals surface area contributed by atoms with Crippen molar-refractivity contribution in [2.24, 2.45) is 11.8 Å². The van der Waals surface area contributed by atoms with Gasteiger partial charge in [-0.3, -0.25) is 9.59 Å². The fraction of sp³-hybridized carbons (Fsp3) is 0.550. The van der Waals surface area contributed by atoms with Crippen molar-refractivity contribution >= 4 is 18.2 Å². The number of fused-ring (bicyclic) bond motifs is 1. The highest BCUT2D eigenvalue weighted by molar-refractivity contribution is 5.91. The lowest BCUT2D eigenvalue weighted by Crippen LogP contribution is -2.44. The van der Waals surface area contributed by atoms with Crippen LogP contribution in [0.25, 0.3) is 0 Å². The first kappa shape index (κ1) is 20.1. The Bertz CT molecular complexity index is 657. The summed E-state index contributed by atoms with van der Waals surface area (Å²) in [7, 11) is 1.44. The zero-order valence-corrected chi connectivity index (χ0v) is 15.7. The lowest BCUT2D eigenvalue weighted by atomic mass is 9.83. The molecule has 0 aromatic rings. The number of methoxy groups -OCH3 is 1. The smallest absolute Gasteiger partial charge is 0.334 e. The van der Waals surface area contributed by atoms with Crippen LogP contribution in [0.15, 0.2) is 35.5 Å². The van der Waals surface area contributed by atoms with E-state index >= 15 is 0 Å². The molecule has 0 aromatic heterocycles. The first-order valence-electron chi connectivity index (χ1n) is 8.75. The van der Waals surface area contributed by atoms with Gasteiger partial charge in [-0.1, -0.05) is 32.1 Å². The third-order valence-electron chi connectivity index (χ3n) is 4.72. The molecule has 1 heterocycles. The van der Waals surface area contributed by atoms with E-state index in [2.05, 4.69) is 6.58 Å². The number of allylic oxidation sites excluding steroid dienone is 2. The molecule has 0 spiro atoms. The van der Waals surface area contributed by atoms with Crippen molar-refractivity contribution in [1.82, 2.24) is 0 Å². The highest BCUT2D eigenvalue weighted by Gasteiger charge is 2.48. The Morgan fingerprint density at radius 1 is 1.42 bits per heavy atom. The van der Waals surface area contributed by atoms with Gasteiger partial charge in [0.05, 0.1) is 11.8 Å². The molecule has 1 saturated heterocycles. The average molecular weight is 362 g/mol. The molecular formula is C20H26O6. The Kier molecular flexibility index (Phi) is 6.53. The van der Waals surface area contributed by atoms with Gasteiger partial charge in [0.15, 0.2) is 0 Å². The Morgan fingerprint density at radius 2 is 2.12 bits per heavy atom. The van der Waals surface area contributed by atoms with Gasteiger partial charge in [0.25, 0.3) is 0 Å². The maximum Gasteiger partial charge on any atom is 0.334 e. The van der Waals surface area contributed by atoms with Gasteiger partial charge in [-0.2, -0.15) is 0 Å². The Labute approximate surface area is 153 Å². The van der Waals surface area contributed by atoms with Crippen LogP contribution in [0, 0.1) is 11.8 Å². The van der Waals surface area contributed by atoms with E-state index in [-0.39, 0.29) is 11.5 Å². The number of carbonyl (C=O) groups is 3. The Morgan fingerprint density at radius 3 is 2.69 bits per heavy atom. The van der Waals surface area contributed by atoms with Crippen LogP contribution in [0.3, 0.4) is 0 Å². The van der Waals surface area contributed by atoms with Gasteiger partial charge in [-0.05, 0) is 25.8 Å². The second-order valence-electron chi connectivity index (χ2n) is 7.01. The summed E-state index contributed by atoms with van der Waals surface area (Å²) < 4.78 is 16.7. The molecule has 4 atom stereocenters. The van der Waals surface area contributed by atoms with Crippen LogP contribution in [0.1, 0.15) is 33.6 Å². The van der Waals surface area contributed by atoms with Gasteiger partial charge in [0, 0.05) is 18.3 Å². The summed E-state index contributed by atoms with van der Waals surface area (Å²) in [5.74, 6) is -1.95. The standard InChI is InChI=1S/C20H26O6/c1-11(2)19(22)26-18-16-13(4)20(23)25-15(16)9-12(3)7-6-8-14(10-21)17(18)24-5/h8-11,15-18H,4,6-7H2,1-3,5H3/b12-9+,14-8?/t15-,16-,17+,18+/m1/s1. The lowest BCUT2D eigenvalue weighted by Gasteiger charge is -2.33. The quantitative estimate of drug-likeness (QED) is 0.331. The van der Waals surface area contributed by atoms with Gasteiger partial charge in [0.2, 0.25) is 0 Å². The van der Waals surface area contributed by atoms with E-state index in [1.807, 2.05) is 13.0 Å². The molecule has 2 rings (SSSR count). The highest BCUT2D eigenvalue weighted by Crippen LogP contribution is 2.37. The molecule has 142 valence electrons. The van der Waals surface area contributed by atoms with Gasteiger partial charge in [-0.25, -0.2) is 4.79 Å². The average Bonchev–Trinajstić information content (AvgIpc) is 2.86. The molecule has 1 aliphatic heterocycles. The summed E-state index contributed by atoms with van der Waals surface area (Å²) >= 11 is 0. The molecule has 6 heteroatoms. The van der Waals surface area contributed by atoms with Crippen LogP contribution >= 0.6 is 0 Å². The summed E-state index contributed by atoms with van der Waals surface area (Å²) in [5, 5.41) is 0. The number of ether oxygens (including phenoxy) is 3. The highest BCUT2D eigenvalue weighted by atomic mass is 16.6. The SMILES string of the molecule is C=C1C(=O)O[C@@H]2/C=C(\C)CCC=C(C=O)[C@H](OC)[C@@H](OC(=O)C(C)C)[C@H]12. The van der Waals surface area contributed by atoms with Crippen molar-refractivity contribution in [2.75, 3.05) is 7.11 Å². The van der Waals surface area contributed by atoms with E-state index in [4.69, 9.17) is 14.2 Å². The minimum Gasteiger partial charge on any atom is -0.458 e. The predicted octanol–water partition coefficient (Wildman–Crippen LogP) is 2.53. The summed E-state index contributed by atoms with van der Waals surface area (Å²) in [4.78, 5) is 36.1. The molecule has 0 amide bonds. The van der Waals surface area contributed by atoms with Crippen molar-refractivity contribution in [1.29, 1.82) is 0 Å². The fourth-order valence-electron chi connectivity index (χ4n) is 3.24. The fourth-order valence-corrected chi connectivity index (χ4v) is 3.24. The van der Waals surface area contributed by atoms with Crippen LogP contribution in [-0.2, 0) is 28.6 Å². The van der Waals surface area contributed by atoms with Crippen molar-refractivity contribution in [3.8, 4) is 0 Å². The maximum atomic E-state index is 12.3. The number of carbonyl (C=O) groups excluding carboxylic acids is 3. The molecule has 0 aromatic carbocycles. The van der Waals surface area contributed by atoms with Crippen molar-refractivity contribution in [3.05, 3.63) is 35.5 Å². The third-order valence-corrected chi connectivity index (χ3v) is 4.72. The minimum atomic E-state index is -0.891. The van der Waals surface area contributed by atoms with E-state index in [0.717, 1.165) is 12.0 Å². The van der Waals surface area contributed by atoms with Crippen LogP contribution in [0.2, 0.25) is 0 Å². The Balaban J connectivity index is 2.55. The number of aldehydes is 1. The first-order chi connectivity index (χ1) is 12.3. The van der Waals surface area contributed by atoms with Gasteiger partial charge >= 0.3 is 11.9 Å². The monoisotopic (exact) mass is 362 g/mol. The van der Waals surface area contributed by atoms with Gasteiger partial charge in [-0.15, -0.1) is 0 Å². The second-order valence-corrected chi connectivity index (χ2v) is 7.01. The summed E-state index contributed by atoms with van der Waals surface area (Å²) in [5.41, 5.74) is 1.62. The molecule has 0 bridgehead atoms. The second kappa shape index (κ2) is 8.45. The van der Waals surface area contributed by atoms with Crippen LogP contribution in [0.5, 0.6) is 0 Å². The first-order valence-corrected chi connectivity index (χ1v) is 8.75. The minimum absolute atomic E-state index is 0.216. The van der Waals surface area contributed by atoms with Crippen molar-refractivity contribution in [3.63, 3.8) is 0 Å². The molecule has 1 fully saturated rings. The maximum absolute atomic E-state index is 12.3. The molecule has 0 radical (unpaired) electrons. The van der Waals surface area contributed by atoms with E-state index in [9.17, 15) is 14.4 Å². The number of esters is 2. The normalized spacial score (nSPS) is 31.4. The third kappa shape index (κ3) is 4.12.